The first kappa shape index (κ1) is 14.9. The Hall–Kier alpha value is -2.12. The SMILES string of the molecule is CCCn1cnnc1CNC(=O)N(C)CC(=O)NC. The van der Waals surface area contributed by atoms with Gasteiger partial charge in [-0.05, 0) is 6.42 Å². The molecule has 0 unspecified atom stereocenters. The third kappa shape index (κ3) is 4.57. The van der Waals surface area contributed by atoms with Crippen LogP contribution in [-0.2, 0) is 17.9 Å². The van der Waals surface area contributed by atoms with Crippen LogP contribution >= 0.6 is 0 Å². The fourth-order valence-electron chi connectivity index (χ4n) is 1.50. The van der Waals surface area contributed by atoms with Gasteiger partial charge >= 0.3 is 6.03 Å². The van der Waals surface area contributed by atoms with Crippen molar-refractivity contribution in [1.82, 2.24) is 30.3 Å². The minimum absolute atomic E-state index is 0.0178. The first-order chi connectivity index (χ1) is 9.08. The standard InChI is InChI=1S/C11H20N6O2/c1-4-5-17-8-14-15-9(17)6-13-11(19)16(3)7-10(18)12-2/h8H,4-7H2,1-3H3,(H,12,18)(H,13,19). The van der Waals surface area contributed by atoms with Crippen LogP contribution in [0.15, 0.2) is 6.33 Å². The number of hydrogen-bond acceptors (Lipinski definition) is 4. The van der Waals surface area contributed by atoms with Crippen molar-refractivity contribution in [3.05, 3.63) is 12.2 Å². The maximum atomic E-state index is 11.7. The third-order valence-corrected chi connectivity index (χ3v) is 2.56. The van der Waals surface area contributed by atoms with E-state index in [1.54, 1.807) is 13.4 Å². The van der Waals surface area contributed by atoms with Crippen molar-refractivity contribution in [3.63, 3.8) is 0 Å². The molecule has 106 valence electrons. The van der Waals surface area contributed by atoms with Crippen molar-refractivity contribution in [2.24, 2.45) is 0 Å². The molecule has 0 aliphatic heterocycles. The Bertz CT molecular complexity index is 431. The van der Waals surface area contributed by atoms with Gasteiger partial charge in [0, 0.05) is 20.6 Å². The number of aromatic nitrogens is 3. The van der Waals surface area contributed by atoms with Gasteiger partial charge in [-0.1, -0.05) is 6.92 Å². The molecular formula is C11H20N6O2. The second-order valence-electron chi connectivity index (χ2n) is 4.13. The van der Waals surface area contributed by atoms with Crippen LogP contribution < -0.4 is 10.6 Å². The van der Waals surface area contributed by atoms with Crippen molar-refractivity contribution in [2.45, 2.75) is 26.4 Å². The summed E-state index contributed by atoms with van der Waals surface area (Å²) in [7, 11) is 3.09. The van der Waals surface area contributed by atoms with Gasteiger partial charge < -0.3 is 20.1 Å². The first-order valence-corrected chi connectivity index (χ1v) is 6.14. The Kier molecular flexibility index (Phi) is 5.77. The molecule has 0 saturated heterocycles. The van der Waals surface area contributed by atoms with E-state index in [9.17, 15) is 9.59 Å². The van der Waals surface area contributed by atoms with E-state index in [0.717, 1.165) is 13.0 Å². The van der Waals surface area contributed by atoms with Crippen LogP contribution in [0.25, 0.3) is 0 Å². The summed E-state index contributed by atoms with van der Waals surface area (Å²) in [6.07, 6.45) is 2.61. The number of urea groups is 1. The molecule has 2 N–H and O–H groups in total. The number of hydrogen-bond donors (Lipinski definition) is 2. The molecule has 19 heavy (non-hydrogen) atoms. The van der Waals surface area contributed by atoms with E-state index < -0.39 is 0 Å². The molecule has 8 heteroatoms. The van der Waals surface area contributed by atoms with E-state index in [0.29, 0.717) is 5.82 Å². The van der Waals surface area contributed by atoms with Crippen molar-refractivity contribution < 1.29 is 9.59 Å². The zero-order valence-corrected chi connectivity index (χ0v) is 11.5. The van der Waals surface area contributed by atoms with Gasteiger partial charge in [0.15, 0.2) is 5.82 Å². The second-order valence-corrected chi connectivity index (χ2v) is 4.13. The molecule has 0 aliphatic carbocycles. The average molecular weight is 268 g/mol. The molecule has 0 fully saturated rings. The highest BCUT2D eigenvalue weighted by molar-refractivity contribution is 5.83. The van der Waals surface area contributed by atoms with Gasteiger partial charge in [0.25, 0.3) is 0 Å². The predicted molar refractivity (Wildman–Crippen MR) is 69.2 cm³/mol. The van der Waals surface area contributed by atoms with E-state index in [1.807, 2.05) is 4.57 Å². The van der Waals surface area contributed by atoms with E-state index in [2.05, 4.69) is 27.8 Å². The average Bonchev–Trinajstić information content (AvgIpc) is 2.83. The van der Waals surface area contributed by atoms with Gasteiger partial charge in [-0.25, -0.2) is 4.79 Å². The molecule has 1 heterocycles. The molecule has 1 aromatic heterocycles. The quantitative estimate of drug-likeness (QED) is 0.732. The van der Waals surface area contributed by atoms with Gasteiger partial charge in [0.2, 0.25) is 5.91 Å². The van der Waals surface area contributed by atoms with Crippen molar-refractivity contribution in [3.8, 4) is 0 Å². The number of rotatable bonds is 6. The number of carbonyl (C=O) groups is 2. The third-order valence-electron chi connectivity index (χ3n) is 2.56. The lowest BCUT2D eigenvalue weighted by Gasteiger charge is -2.16. The van der Waals surface area contributed by atoms with E-state index >= 15 is 0 Å². The number of aryl methyl sites for hydroxylation is 1. The number of nitrogens with one attached hydrogen (secondary N) is 2. The predicted octanol–water partition coefficient (Wildman–Crippen LogP) is -0.424. The molecule has 0 radical (unpaired) electrons. The topological polar surface area (TPSA) is 92.2 Å². The summed E-state index contributed by atoms with van der Waals surface area (Å²) in [5.74, 6) is 0.482. The zero-order chi connectivity index (χ0) is 14.3. The molecule has 8 nitrogen and oxygen atoms in total. The Morgan fingerprint density at radius 3 is 2.84 bits per heavy atom. The molecule has 0 bridgehead atoms. The minimum Gasteiger partial charge on any atom is -0.358 e. The molecule has 0 atom stereocenters. The van der Waals surface area contributed by atoms with Gasteiger partial charge in [0.1, 0.15) is 12.9 Å². The highest BCUT2D eigenvalue weighted by Crippen LogP contribution is 1.97. The Balaban J connectivity index is 2.45. The summed E-state index contributed by atoms with van der Waals surface area (Å²) in [5.41, 5.74) is 0. The number of carbonyl (C=O) groups excluding carboxylic acids is 2. The van der Waals surface area contributed by atoms with Gasteiger partial charge in [-0.15, -0.1) is 10.2 Å². The fraction of sp³-hybridized carbons (Fsp3) is 0.636. The molecule has 1 aromatic rings. The van der Waals surface area contributed by atoms with Crippen molar-refractivity contribution >= 4 is 11.9 Å². The van der Waals surface area contributed by atoms with Crippen LogP contribution in [0.2, 0.25) is 0 Å². The van der Waals surface area contributed by atoms with E-state index in [1.165, 1.54) is 11.9 Å². The Labute approximate surface area is 112 Å². The summed E-state index contributed by atoms with van der Waals surface area (Å²) < 4.78 is 1.89. The van der Waals surface area contributed by atoms with Gasteiger partial charge in [0.05, 0.1) is 6.54 Å². The normalized spacial score (nSPS) is 10.1. The first-order valence-electron chi connectivity index (χ1n) is 6.14. The Morgan fingerprint density at radius 1 is 1.47 bits per heavy atom. The summed E-state index contributed by atoms with van der Waals surface area (Å²) in [6.45, 7) is 3.17. The Morgan fingerprint density at radius 2 is 2.21 bits per heavy atom. The van der Waals surface area contributed by atoms with Gasteiger partial charge in [-0.2, -0.15) is 0 Å². The van der Waals surface area contributed by atoms with Crippen molar-refractivity contribution in [2.75, 3.05) is 20.6 Å². The zero-order valence-electron chi connectivity index (χ0n) is 11.5. The smallest absolute Gasteiger partial charge is 0.317 e. The molecule has 0 spiro atoms. The lowest BCUT2D eigenvalue weighted by molar-refractivity contribution is -0.120. The van der Waals surface area contributed by atoms with Crippen molar-refractivity contribution in [1.29, 1.82) is 0 Å². The molecular weight excluding hydrogens is 248 g/mol. The van der Waals surface area contributed by atoms with Crippen LogP contribution in [0.3, 0.4) is 0 Å². The number of nitrogens with zero attached hydrogens (tertiary/aromatic N) is 4. The number of amides is 3. The summed E-state index contributed by atoms with van der Waals surface area (Å²) in [5, 5.41) is 12.9. The van der Waals surface area contributed by atoms with E-state index in [4.69, 9.17) is 0 Å². The second kappa shape index (κ2) is 7.34. The van der Waals surface area contributed by atoms with Gasteiger partial charge in [-0.3, -0.25) is 4.79 Å². The maximum Gasteiger partial charge on any atom is 0.317 e. The molecule has 1 rings (SSSR count). The van der Waals surface area contributed by atoms with Crippen LogP contribution in [-0.4, -0.2) is 52.2 Å². The highest BCUT2D eigenvalue weighted by atomic mass is 16.2. The summed E-state index contributed by atoms with van der Waals surface area (Å²) in [6, 6.07) is -0.324. The largest absolute Gasteiger partial charge is 0.358 e. The van der Waals surface area contributed by atoms with Crippen LogP contribution in [0.5, 0.6) is 0 Å². The molecule has 0 aromatic carbocycles. The van der Waals surface area contributed by atoms with Crippen LogP contribution in [0.1, 0.15) is 19.2 Å². The molecule has 0 saturated carbocycles. The maximum absolute atomic E-state index is 11.7. The monoisotopic (exact) mass is 268 g/mol. The number of likely N-dealkylation sites (N-methyl/N-ethyl adjacent to an activating group) is 2. The molecule has 3 amide bonds. The lowest BCUT2D eigenvalue weighted by atomic mass is 10.4. The fourth-order valence-corrected chi connectivity index (χ4v) is 1.50. The van der Waals surface area contributed by atoms with E-state index in [-0.39, 0.29) is 25.0 Å². The minimum atomic E-state index is -0.324. The summed E-state index contributed by atoms with van der Waals surface area (Å²) >= 11 is 0. The van der Waals surface area contributed by atoms with Crippen LogP contribution in [0, 0.1) is 0 Å². The van der Waals surface area contributed by atoms with Crippen LogP contribution in [0.4, 0.5) is 4.79 Å². The summed E-state index contributed by atoms with van der Waals surface area (Å²) in [4.78, 5) is 24.2. The molecule has 0 aliphatic rings. The highest BCUT2D eigenvalue weighted by Gasteiger charge is 2.12. The lowest BCUT2D eigenvalue weighted by Crippen LogP contribution is -2.42.